The number of rotatable bonds is 5. The Morgan fingerprint density at radius 2 is 1.88 bits per heavy atom. The number of carbonyl (C=O) groups excluding carboxylic acids is 1. The van der Waals surface area contributed by atoms with Crippen LogP contribution in [0.25, 0.3) is 0 Å². The lowest BCUT2D eigenvalue weighted by atomic mass is 10.1. The van der Waals surface area contributed by atoms with Gasteiger partial charge in [0.1, 0.15) is 5.82 Å². The Bertz CT molecular complexity index is 735. The molecule has 1 aliphatic heterocycles. The van der Waals surface area contributed by atoms with Crippen LogP contribution in [0.2, 0.25) is 0 Å². The maximum Gasteiger partial charge on any atom is 0.264 e. The number of carbonyl (C=O) groups is 1. The zero-order valence-electron chi connectivity index (χ0n) is 14.9. The molecule has 1 aliphatic rings. The van der Waals surface area contributed by atoms with E-state index in [1.807, 2.05) is 15.9 Å². The van der Waals surface area contributed by atoms with Crippen molar-refractivity contribution in [3.05, 3.63) is 51.5 Å². The number of benzene rings is 1. The molecule has 2 aromatic rings. The maximum absolute atomic E-state index is 13.9. The Balaban J connectivity index is 1.66. The normalized spacial score (nSPS) is 14.8. The molecule has 134 valence electrons. The Labute approximate surface area is 153 Å². The predicted octanol–water partition coefficient (Wildman–Crippen LogP) is 4.36. The van der Waals surface area contributed by atoms with Crippen LogP contribution in [0.5, 0.6) is 0 Å². The SMILES string of the molecule is CCCc1sc(C(=O)N2CCN(c3ccccc3F)CC2)cc1CC. The van der Waals surface area contributed by atoms with Crippen LogP contribution in [0.1, 0.15) is 40.4 Å². The van der Waals surface area contributed by atoms with Gasteiger partial charge in [-0.1, -0.05) is 32.4 Å². The van der Waals surface area contributed by atoms with Gasteiger partial charge in [0.25, 0.3) is 5.91 Å². The third-order valence-electron chi connectivity index (χ3n) is 4.73. The highest BCUT2D eigenvalue weighted by molar-refractivity contribution is 7.14. The molecule has 1 saturated heterocycles. The Hall–Kier alpha value is -1.88. The monoisotopic (exact) mass is 360 g/mol. The van der Waals surface area contributed by atoms with E-state index >= 15 is 0 Å². The van der Waals surface area contributed by atoms with Gasteiger partial charge in [-0.25, -0.2) is 4.39 Å². The molecular formula is C20H25FN2OS. The lowest BCUT2D eigenvalue weighted by Gasteiger charge is -2.36. The highest BCUT2D eigenvalue weighted by Gasteiger charge is 2.25. The summed E-state index contributed by atoms with van der Waals surface area (Å²) in [6, 6.07) is 8.91. The molecule has 0 radical (unpaired) electrons. The van der Waals surface area contributed by atoms with E-state index in [2.05, 4.69) is 19.9 Å². The first kappa shape index (κ1) is 17.9. The topological polar surface area (TPSA) is 23.6 Å². The number of nitrogens with zero attached hydrogens (tertiary/aromatic N) is 2. The number of thiophene rings is 1. The van der Waals surface area contributed by atoms with Crippen LogP contribution in [0.15, 0.2) is 30.3 Å². The fourth-order valence-corrected chi connectivity index (χ4v) is 4.65. The highest BCUT2D eigenvalue weighted by atomic mass is 32.1. The lowest BCUT2D eigenvalue weighted by molar-refractivity contribution is 0.0751. The number of aryl methyl sites for hydroxylation is 2. The molecule has 1 aromatic heterocycles. The van der Waals surface area contributed by atoms with Gasteiger partial charge in [0, 0.05) is 31.1 Å². The molecule has 0 spiro atoms. The molecule has 2 heterocycles. The molecule has 0 N–H and O–H groups in total. The van der Waals surface area contributed by atoms with Gasteiger partial charge < -0.3 is 9.80 Å². The summed E-state index contributed by atoms with van der Waals surface area (Å²) in [4.78, 5) is 19.0. The third-order valence-corrected chi connectivity index (χ3v) is 5.95. The summed E-state index contributed by atoms with van der Waals surface area (Å²) >= 11 is 1.65. The fourth-order valence-electron chi connectivity index (χ4n) is 3.32. The van der Waals surface area contributed by atoms with Crippen molar-refractivity contribution in [3.8, 4) is 0 Å². The minimum absolute atomic E-state index is 0.121. The minimum atomic E-state index is -0.197. The van der Waals surface area contributed by atoms with Crippen LogP contribution >= 0.6 is 11.3 Å². The van der Waals surface area contributed by atoms with Gasteiger partial charge >= 0.3 is 0 Å². The van der Waals surface area contributed by atoms with Crippen LogP contribution in [-0.2, 0) is 12.8 Å². The smallest absolute Gasteiger partial charge is 0.264 e. The number of amides is 1. The number of piperazine rings is 1. The second kappa shape index (κ2) is 8.00. The molecule has 5 heteroatoms. The van der Waals surface area contributed by atoms with Crippen LogP contribution < -0.4 is 4.90 Å². The molecule has 25 heavy (non-hydrogen) atoms. The molecule has 0 saturated carbocycles. The second-order valence-electron chi connectivity index (χ2n) is 6.39. The first-order chi connectivity index (χ1) is 12.1. The van der Waals surface area contributed by atoms with Crippen LogP contribution in [0, 0.1) is 5.82 Å². The quantitative estimate of drug-likeness (QED) is 0.791. The second-order valence-corrected chi connectivity index (χ2v) is 7.53. The summed E-state index contributed by atoms with van der Waals surface area (Å²) in [7, 11) is 0. The van der Waals surface area contributed by atoms with E-state index in [-0.39, 0.29) is 11.7 Å². The van der Waals surface area contributed by atoms with E-state index < -0.39 is 0 Å². The van der Waals surface area contributed by atoms with Crippen LogP contribution in [0.4, 0.5) is 10.1 Å². The summed E-state index contributed by atoms with van der Waals surface area (Å²) in [5.74, 6) is -0.0763. The number of hydrogen-bond acceptors (Lipinski definition) is 3. The van der Waals surface area contributed by atoms with Gasteiger partial charge in [0.15, 0.2) is 0 Å². The van der Waals surface area contributed by atoms with Gasteiger partial charge in [0.05, 0.1) is 10.6 Å². The predicted molar refractivity (Wildman–Crippen MR) is 102 cm³/mol. The first-order valence-electron chi connectivity index (χ1n) is 9.04. The summed E-state index contributed by atoms with van der Waals surface area (Å²) in [5.41, 5.74) is 1.93. The van der Waals surface area contributed by atoms with Crippen molar-refractivity contribution in [2.24, 2.45) is 0 Å². The first-order valence-corrected chi connectivity index (χ1v) is 9.86. The molecule has 3 nitrogen and oxygen atoms in total. The van der Waals surface area contributed by atoms with Crippen molar-refractivity contribution in [1.29, 1.82) is 0 Å². The number of hydrogen-bond donors (Lipinski definition) is 0. The fraction of sp³-hybridized carbons (Fsp3) is 0.450. The van der Waals surface area contributed by atoms with E-state index in [1.54, 1.807) is 23.5 Å². The third kappa shape index (κ3) is 3.87. The molecule has 0 atom stereocenters. The molecule has 3 rings (SSSR count). The van der Waals surface area contributed by atoms with Crippen molar-refractivity contribution >= 4 is 22.9 Å². The Morgan fingerprint density at radius 1 is 1.16 bits per heavy atom. The van der Waals surface area contributed by atoms with Crippen molar-refractivity contribution in [2.45, 2.75) is 33.1 Å². The summed E-state index contributed by atoms with van der Waals surface area (Å²) in [5, 5.41) is 0. The van der Waals surface area contributed by atoms with Crippen LogP contribution in [0.3, 0.4) is 0 Å². The largest absolute Gasteiger partial charge is 0.366 e. The van der Waals surface area contributed by atoms with E-state index in [1.165, 1.54) is 16.5 Å². The molecule has 0 unspecified atom stereocenters. The lowest BCUT2D eigenvalue weighted by Crippen LogP contribution is -2.48. The number of halogens is 1. The average molecular weight is 360 g/mol. The van der Waals surface area contributed by atoms with Gasteiger partial charge in [-0.3, -0.25) is 4.79 Å². The summed E-state index contributed by atoms with van der Waals surface area (Å²) in [6.45, 7) is 6.91. The zero-order chi connectivity index (χ0) is 17.8. The summed E-state index contributed by atoms with van der Waals surface area (Å²) in [6.07, 6.45) is 3.12. The Morgan fingerprint density at radius 3 is 2.52 bits per heavy atom. The van der Waals surface area contributed by atoms with E-state index in [9.17, 15) is 9.18 Å². The maximum atomic E-state index is 13.9. The van der Waals surface area contributed by atoms with Gasteiger partial charge in [-0.05, 0) is 36.6 Å². The van der Waals surface area contributed by atoms with Gasteiger partial charge in [0.2, 0.25) is 0 Å². The molecule has 1 aromatic carbocycles. The molecule has 0 aliphatic carbocycles. The van der Waals surface area contributed by atoms with E-state index in [0.29, 0.717) is 31.9 Å². The average Bonchev–Trinajstić information content (AvgIpc) is 3.05. The molecule has 1 fully saturated rings. The number of anilines is 1. The zero-order valence-corrected chi connectivity index (χ0v) is 15.7. The number of para-hydroxylation sites is 1. The Kier molecular flexibility index (Phi) is 5.74. The van der Waals surface area contributed by atoms with Crippen molar-refractivity contribution < 1.29 is 9.18 Å². The molecular weight excluding hydrogens is 335 g/mol. The van der Waals surface area contributed by atoms with Gasteiger partial charge in [-0.15, -0.1) is 11.3 Å². The highest BCUT2D eigenvalue weighted by Crippen LogP contribution is 2.27. The van der Waals surface area contributed by atoms with Crippen molar-refractivity contribution in [1.82, 2.24) is 4.90 Å². The van der Waals surface area contributed by atoms with Crippen molar-refractivity contribution in [2.75, 3.05) is 31.1 Å². The van der Waals surface area contributed by atoms with E-state index in [0.717, 1.165) is 24.1 Å². The van der Waals surface area contributed by atoms with E-state index in [4.69, 9.17) is 0 Å². The standard InChI is InChI=1S/C20H25FN2OS/c1-3-7-18-15(4-2)14-19(25-18)20(24)23-12-10-22(11-13-23)17-9-6-5-8-16(17)21/h5-6,8-9,14H,3-4,7,10-13H2,1-2H3. The minimum Gasteiger partial charge on any atom is -0.366 e. The molecule has 0 bridgehead atoms. The molecule has 1 amide bonds. The van der Waals surface area contributed by atoms with Crippen molar-refractivity contribution in [3.63, 3.8) is 0 Å². The van der Waals surface area contributed by atoms with Gasteiger partial charge in [-0.2, -0.15) is 0 Å². The van der Waals surface area contributed by atoms with Crippen LogP contribution in [-0.4, -0.2) is 37.0 Å². The summed E-state index contributed by atoms with van der Waals surface area (Å²) < 4.78 is 13.9.